The van der Waals surface area contributed by atoms with Crippen molar-refractivity contribution in [2.45, 2.75) is 56.5 Å². The van der Waals surface area contributed by atoms with Gasteiger partial charge in [-0.1, -0.05) is 42.5 Å². The third kappa shape index (κ3) is 6.66. The lowest BCUT2D eigenvalue weighted by Crippen LogP contribution is -2.41. The number of aromatic amines is 1. The number of hydrogen-bond donors (Lipinski definition) is 3. The number of rotatable bonds is 9. The monoisotopic (exact) mass is 574 g/mol. The number of carbonyl (C=O) groups excluding carboxylic acids is 2. The second-order valence-corrected chi connectivity index (χ2v) is 12.1. The molecule has 10 heteroatoms. The van der Waals surface area contributed by atoms with Crippen LogP contribution in [0.25, 0.3) is 22.4 Å². The molecule has 0 aliphatic heterocycles. The fourth-order valence-electron chi connectivity index (χ4n) is 5.22. The first-order chi connectivity index (χ1) is 19.7. The van der Waals surface area contributed by atoms with Gasteiger partial charge >= 0.3 is 5.97 Å². The lowest BCUT2D eigenvalue weighted by Gasteiger charge is -2.29. The normalized spacial score (nSPS) is 18.1. The summed E-state index contributed by atoms with van der Waals surface area (Å²) in [4.78, 5) is 32.8. The van der Waals surface area contributed by atoms with Gasteiger partial charge in [0.05, 0.1) is 34.1 Å². The highest BCUT2D eigenvalue weighted by Crippen LogP contribution is 2.28. The SMILES string of the molecule is CCOC(=O)c1cccc(-c2nc3ccc(S(=O)(=O)N[C@H]4CC[C@H](C(=O)N[C@H](C)c5ccccc5)CC4)cc3[nH]2)c1. The summed E-state index contributed by atoms with van der Waals surface area (Å²) in [6, 6.07) is 21.2. The van der Waals surface area contributed by atoms with Gasteiger partial charge in [-0.3, -0.25) is 4.79 Å². The molecule has 0 saturated heterocycles. The largest absolute Gasteiger partial charge is 0.462 e. The summed E-state index contributed by atoms with van der Waals surface area (Å²) in [6.07, 6.45) is 2.41. The summed E-state index contributed by atoms with van der Waals surface area (Å²) < 4.78 is 34.4. The molecule has 1 amide bonds. The number of amides is 1. The number of imidazole rings is 1. The number of carbonyl (C=O) groups is 2. The predicted octanol–water partition coefficient (Wildman–Crippen LogP) is 5.12. The molecule has 0 spiro atoms. The van der Waals surface area contributed by atoms with E-state index >= 15 is 0 Å². The Morgan fingerprint density at radius 1 is 1.00 bits per heavy atom. The fraction of sp³-hybridized carbons (Fsp3) is 0.323. The smallest absolute Gasteiger partial charge is 0.338 e. The van der Waals surface area contributed by atoms with Crippen LogP contribution in [0.3, 0.4) is 0 Å². The molecule has 41 heavy (non-hydrogen) atoms. The number of H-pyrrole nitrogens is 1. The quantitative estimate of drug-likeness (QED) is 0.238. The molecule has 1 aliphatic rings. The first-order valence-corrected chi connectivity index (χ1v) is 15.4. The van der Waals surface area contributed by atoms with Crippen LogP contribution in [-0.2, 0) is 19.6 Å². The van der Waals surface area contributed by atoms with Crippen molar-refractivity contribution in [3.63, 3.8) is 0 Å². The third-order valence-electron chi connectivity index (χ3n) is 7.49. The number of esters is 1. The molecule has 1 atom stereocenters. The van der Waals surface area contributed by atoms with Crippen LogP contribution in [0.2, 0.25) is 0 Å². The molecule has 0 radical (unpaired) electrons. The molecule has 0 unspecified atom stereocenters. The highest BCUT2D eigenvalue weighted by Gasteiger charge is 2.30. The highest BCUT2D eigenvalue weighted by molar-refractivity contribution is 7.89. The minimum absolute atomic E-state index is 0.0101. The highest BCUT2D eigenvalue weighted by atomic mass is 32.2. The molecule has 1 fully saturated rings. The number of sulfonamides is 1. The van der Waals surface area contributed by atoms with Gasteiger partial charge in [-0.05, 0) is 75.4 Å². The van der Waals surface area contributed by atoms with Gasteiger partial charge in [0.15, 0.2) is 0 Å². The number of aromatic nitrogens is 2. The van der Waals surface area contributed by atoms with Gasteiger partial charge in [0, 0.05) is 17.5 Å². The zero-order valence-corrected chi connectivity index (χ0v) is 23.9. The molecule has 3 aromatic carbocycles. The second kappa shape index (κ2) is 12.2. The number of nitrogens with zero attached hydrogens (tertiary/aromatic N) is 1. The van der Waals surface area contributed by atoms with E-state index in [0.29, 0.717) is 53.7 Å². The van der Waals surface area contributed by atoms with Gasteiger partial charge in [-0.25, -0.2) is 22.9 Å². The van der Waals surface area contributed by atoms with E-state index in [1.165, 1.54) is 6.07 Å². The van der Waals surface area contributed by atoms with Crippen LogP contribution >= 0.6 is 0 Å². The molecule has 1 aromatic heterocycles. The van der Waals surface area contributed by atoms with Crippen LogP contribution in [0.5, 0.6) is 0 Å². The first-order valence-electron chi connectivity index (χ1n) is 13.9. The van der Waals surface area contributed by atoms with Crippen LogP contribution < -0.4 is 10.0 Å². The Morgan fingerprint density at radius 3 is 2.49 bits per heavy atom. The van der Waals surface area contributed by atoms with Crippen molar-refractivity contribution < 1.29 is 22.7 Å². The third-order valence-corrected chi connectivity index (χ3v) is 9.01. The van der Waals surface area contributed by atoms with Gasteiger partial charge < -0.3 is 15.0 Å². The summed E-state index contributed by atoms with van der Waals surface area (Å²) in [6.45, 7) is 4.00. The van der Waals surface area contributed by atoms with E-state index in [2.05, 4.69) is 20.0 Å². The van der Waals surface area contributed by atoms with Crippen molar-refractivity contribution in [1.82, 2.24) is 20.0 Å². The van der Waals surface area contributed by atoms with Gasteiger partial charge in [-0.15, -0.1) is 0 Å². The number of hydrogen-bond acceptors (Lipinski definition) is 6. The maximum absolute atomic E-state index is 13.2. The molecule has 5 rings (SSSR count). The summed E-state index contributed by atoms with van der Waals surface area (Å²) >= 11 is 0. The molecule has 1 saturated carbocycles. The van der Waals surface area contributed by atoms with Crippen molar-refractivity contribution >= 4 is 32.9 Å². The van der Waals surface area contributed by atoms with E-state index in [9.17, 15) is 18.0 Å². The number of benzene rings is 3. The van der Waals surface area contributed by atoms with Gasteiger partial charge in [0.1, 0.15) is 5.82 Å². The number of ether oxygens (including phenoxy) is 1. The average Bonchev–Trinajstić information content (AvgIpc) is 3.42. The zero-order valence-electron chi connectivity index (χ0n) is 23.1. The van der Waals surface area contributed by atoms with E-state index in [4.69, 9.17) is 4.74 Å². The summed E-state index contributed by atoms with van der Waals surface area (Å²) in [5, 5.41) is 3.09. The molecule has 0 bridgehead atoms. The Hall–Kier alpha value is -4.02. The molecule has 214 valence electrons. The Morgan fingerprint density at radius 2 is 1.76 bits per heavy atom. The summed E-state index contributed by atoms with van der Waals surface area (Å²) in [5.41, 5.74) is 3.33. The Labute approximate surface area is 239 Å². The fourth-order valence-corrected chi connectivity index (χ4v) is 6.55. The van der Waals surface area contributed by atoms with Crippen molar-refractivity contribution in [2.24, 2.45) is 5.92 Å². The first kappa shape index (κ1) is 28.5. The summed E-state index contributed by atoms with van der Waals surface area (Å²) in [7, 11) is -3.78. The van der Waals surface area contributed by atoms with E-state index < -0.39 is 16.0 Å². The van der Waals surface area contributed by atoms with Gasteiger partial charge in [0.25, 0.3) is 0 Å². The minimum atomic E-state index is -3.78. The molecular formula is C31H34N4O5S. The molecule has 4 aromatic rings. The van der Waals surface area contributed by atoms with Crippen molar-refractivity contribution in [3.05, 3.63) is 83.9 Å². The Bertz CT molecular complexity index is 1640. The average molecular weight is 575 g/mol. The van der Waals surface area contributed by atoms with E-state index in [0.717, 1.165) is 5.56 Å². The number of nitrogens with one attached hydrogen (secondary N) is 3. The van der Waals surface area contributed by atoms with Crippen LogP contribution in [-0.4, -0.2) is 42.9 Å². The van der Waals surface area contributed by atoms with Crippen LogP contribution in [0, 0.1) is 5.92 Å². The Balaban J connectivity index is 1.21. The van der Waals surface area contributed by atoms with Crippen molar-refractivity contribution in [3.8, 4) is 11.4 Å². The number of fused-ring (bicyclic) bond motifs is 1. The van der Waals surface area contributed by atoms with Gasteiger partial charge in [-0.2, -0.15) is 0 Å². The van der Waals surface area contributed by atoms with Crippen LogP contribution in [0.15, 0.2) is 77.7 Å². The minimum Gasteiger partial charge on any atom is -0.462 e. The second-order valence-electron chi connectivity index (χ2n) is 10.4. The molecule has 3 N–H and O–H groups in total. The molecular weight excluding hydrogens is 540 g/mol. The lowest BCUT2D eigenvalue weighted by molar-refractivity contribution is -0.126. The topological polar surface area (TPSA) is 130 Å². The lowest BCUT2D eigenvalue weighted by atomic mass is 9.85. The maximum atomic E-state index is 13.2. The molecule has 1 heterocycles. The van der Waals surface area contributed by atoms with Gasteiger partial charge in [0.2, 0.25) is 15.9 Å². The maximum Gasteiger partial charge on any atom is 0.338 e. The predicted molar refractivity (Wildman–Crippen MR) is 157 cm³/mol. The zero-order chi connectivity index (χ0) is 29.0. The van der Waals surface area contributed by atoms with Crippen LogP contribution in [0.1, 0.15) is 61.5 Å². The Kier molecular flexibility index (Phi) is 8.51. The van der Waals surface area contributed by atoms with E-state index in [1.807, 2.05) is 43.3 Å². The summed E-state index contributed by atoms with van der Waals surface area (Å²) in [5.74, 6) is -0.0203. The van der Waals surface area contributed by atoms with Crippen molar-refractivity contribution in [2.75, 3.05) is 6.61 Å². The molecule has 9 nitrogen and oxygen atoms in total. The van der Waals surface area contributed by atoms with E-state index in [1.54, 1.807) is 37.3 Å². The molecule has 1 aliphatic carbocycles. The standard InChI is InChI=1S/C31H34N4O5S/c1-3-40-31(37)24-11-7-10-23(18-24)29-33-27-17-16-26(19-28(27)34-29)41(38,39)35-25-14-12-22(13-15-25)30(36)32-20(2)21-8-5-4-6-9-21/h4-11,16-20,22,25,35H,3,12-15H2,1-2H3,(H,32,36)(H,33,34)/t20-,22-,25-/m1/s1. The van der Waals surface area contributed by atoms with E-state index in [-0.39, 0.29) is 35.4 Å². The van der Waals surface area contributed by atoms with Crippen molar-refractivity contribution in [1.29, 1.82) is 0 Å². The van der Waals surface area contributed by atoms with Crippen LogP contribution in [0.4, 0.5) is 0 Å².